The van der Waals surface area contributed by atoms with Crippen molar-refractivity contribution >= 4 is 0 Å². The maximum atomic E-state index is 3.41. The molecule has 0 heteroatoms. The molecule has 0 heterocycles. The minimum absolute atomic E-state index is 1.15. The minimum Gasteiger partial charge on any atom is -0.0760 e. The van der Waals surface area contributed by atoms with Gasteiger partial charge >= 0.3 is 0 Å². The predicted octanol–water partition coefficient (Wildman–Crippen LogP) is 4.90. The Kier molecular flexibility index (Phi) is 5.31. The number of hydrogen-bond donors (Lipinski definition) is 0. The van der Waals surface area contributed by atoms with Crippen LogP contribution in [0.2, 0.25) is 0 Å². The average molecular weight is 215 g/mol. The lowest BCUT2D eigenvalue weighted by atomic mass is 9.98. The van der Waals surface area contributed by atoms with Crippen molar-refractivity contribution in [1.82, 2.24) is 0 Å². The van der Waals surface area contributed by atoms with E-state index < -0.39 is 0 Å². The van der Waals surface area contributed by atoms with Crippen molar-refractivity contribution in [2.24, 2.45) is 0 Å². The van der Waals surface area contributed by atoms with Crippen molar-refractivity contribution in [3.05, 3.63) is 46.5 Å². The molecule has 0 spiro atoms. The average Bonchev–Trinajstić information content (AvgIpc) is 2.28. The van der Waals surface area contributed by atoms with E-state index in [0.717, 1.165) is 6.42 Å². The van der Waals surface area contributed by atoms with Crippen LogP contribution in [0, 0.1) is 26.8 Å². The van der Waals surface area contributed by atoms with Gasteiger partial charge in [-0.1, -0.05) is 38.0 Å². The van der Waals surface area contributed by atoms with Crippen LogP contribution in [0.25, 0.3) is 0 Å². The number of allylic oxidation sites excluding steroid dienone is 1. The zero-order chi connectivity index (χ0) is 12.0. The van der Waals surface area contributed by atoms with E-state index in [1.165, 1.54) is 41.5 Å². The molecule has 0 atom stereocenters. The van der Waals surface area contributed by atoms with Gasteiger partial charge in [0.05, 0.1) is 0 Å². The van der Waals surface area contributed by atoms with Gasteiger partial charge in [-0.05, 0) is 61.9 Å². The summed E-state index contributed by atoms with van der Waals surface area (Å²) in [5.74, 6) is 0. The zero-order valence-corrected chi connectivity index (χ0v) is 11.1. The third-order valence-corrected chi connectivity index (χ3v) is 3.27. The van der Waals surface area contributed by atoms with Crippen molar-refractivity contribution in [3.8, 4) is 0 Å². The number of unbranched alkanes of at least 4 members (excludes halogenated alkanes) is 3. The molecule has 0 fully saturated rings. The normalized spacial score (nSPS) is 11.2. The van der Waals surface area contributed by atoms with Crippen molar-refractivity contribution in [2.45, 2.75) is 53.4 Å². The number of benzene rings is 1. The van der Waals surface area contributed by atoms with Gasteiger partial charge in [-0.3, -0.25) is 0 Å². The van der Waals surface area contributed by atoms with Gasteiger partial charge in [0.15, 0.2) is 0 Å². The molecule has 0 saturated heterocycles. The van der Waals surface area contributed by atoms with Gasteiger partial charge in [-0.15, -0.1) is 0 Å². The molecule has 0 aromatic heterocycles. The molecule has 0 N–H and O–H groups in total. The number of hydrogen-bond acceptors (Lipinski definition) is 0. The Balaban J connectivity index is 2.64. The maximum absolute atomic E-state index is 3.41. The molecule has 1 rings (SSSR count). The van der Waals surface area contributed by atoms with Crippen LogP contribution < -0.4 is 0 Å². The molecule has 16 heavy (non-hydrogen) atoms. The molecule has 1 aromatic carbocycles. The van der Waals surface area contributed by atoms with Gasteiger partial charge in [-0.2, -0.15) is 0 Å². The van der Waals surface area contributed by atoms with Gasteiger partial charge in [-0.25, -0.2) is 0 Å². The molecule has 0 unspecified atom stereocenters. The molecule has 1 aromatic rings. The summed E-state index contributed by atoms with van der Waals surface area (Å²) in [7, 11) is 0. The van der Waals surface area contributed by atoms with Crippen LogP contribution in [0.5, 0.6) is 0 Å². The van der Waals surface area contributed by atoms with Gasteiger partial charge in [0.25, 0.3) is 0 Å². The summed E-state index contributed by atoms with van der Waals surface area (Å²) in [4.78, 5) is 0. The standard InChI is InChI=1S/C16H23/c1-5-6-7-8-9-10-16-12-11-13(2)14(3)15(16)4/h9,11-12H,5-8H2,1-4H3. The Morgan fingerprint density at radius 3 is 2.50 bits per heavy atom. The Labute approximate surface area is 100 Å². The van der Waals surface area contributed by atoms with E-state index in [1.807, 2.05) is 0 Å². The number of aryl methyl sites for hydroxylation is 1. The first-order chi connectivity index (χ1) is 7.66. The molecule has 0 aliphatic rings. The highest BCUT2D eigenvalue weighted by Crippen LogP contribution is 2.17. The summed E-state index contributed by atoms with van der Waals surface area (Å²) in [6, 6.07) is 4.36. The van der Waals surface area contributed by atoms with E-state index in [0.29, 0.717) is 0 Å². The summed E-state index contributed by atoms with van der Waals surface area (Å²) in [6.45, 7) is 8.77. The Hall–Kier alpha value is -1.04. The zero-order valence-electron chi connectivity index (χ0n) is 11.1. The molecule has 0 aliphatic carbocycles. The fourth-order valence-corrected chi connectivity index (χ4v) is 1.79. The van der Waals surface area contributed by atoms with Crippen LogP contribution in [-0.2, 0) is 0 Å². The van der Waals surface area contributed by atoms with Crippen molar-refractivity contribution < 1.29 is 0 Å². The van der Waals surface area contributed by atoms with E-state index in [1.54, 1.807) is 0 Å². The topological polar surface area (TPSA) is 0 Å². The van der Waals surface area contributed by atoms with Gasteiger partial charge in [0, 0.05) is 0 Å². The van der Waals surface area contributed by atoms with Crippen LogP contribution in [0.3, 0.4) is 0 Å². The van der Waals surface area contributed by atoms with Crippen LogP contribution in [-0.4, -0.2) is 0 Å². The Morgan fingerprint density at radius 2 is 1.81 bits per heavy atom. The fraction of sp³-hybridized carbons (Fsp3) is 0.500. The molecular weight excluding hydrogens is 192 g/mol. The molecular formula is C16H23. The van der Waals surface area contributed by atoms with E-state index in [-0.39, 0.29) is 0 Å². The third-order valence-electron chi connectivity index (χ3n) is 3.27. The van der Waals surface area contributed by atoms with Crippen LogP contribution in [0.15, 0.2) is 18.2 Å². The maximum Gasteiger partial charge on any atom is -0.0146 e. The second-order valence-electron chi connectivity index (χ2n) is 4.52. The van der Waals surface area contributed by atoms with E-state index in [2.05, 4.69) is 52.0 Å². The highest BCUT2D eigenvalue weighted by Gasteiger charge is 2.00. The molecule has 1 radical (unpaired) electrons. The summed E-state index contributed by atoms with van der Waals surface area (Å²) in [6.07, 6.45) is 10.7. The monoisotopic (exact) mass is 215 g/mol. The van der Waals surface area contributed by atoms with E-state index >= 15 is 0 Å². The lowest BCUT2D eigenvalue weighted by Gasteiger charge is -2.07. The van der Waals surface area contributed by atoms with Gasteiger partial charge < -0.3 is 0 Å². The highest BCUT2D eigenvalue weighted by atomic mass is 14.0. The second kappa shape index (κ2) is 6.52. The quantitative estimate of drug-likeness (QED) is 0.613. The summed E-state index contributed by atoms with van der Waals surface area (Å²) < 4.78 is 0. The van der Waals surface area contributed by atoms with Crippen LogP contribution >= 0.6 is 0 Å². The third kappa shape index (κ3) is 3.52. The van der Waals surface area contributed by atoms with Crippen molar-refractivity contribution in [1.29, 1.82) is 0 Å². The fourth-order valence-electron chi connectivity index (χ4n) is 1.79. The predicted molar refractivity (Wildman–Crippen MR) is 71.7 cm³/mol. The van der Waals surface area contributed by atoms with Crippen LogP contribution in [0.1, 0.15) is 54.9 Å². The Bertz CT molecular complexity index is 359. The second-order valence-corrected chi connectivity index (χ2v) is 4.52. The molecule has 87 valence electrons. The van der Waals surface area contributed by atoms with Crippen LogP contribution in [0.4, 0.5) is 0 Å². The summed E-state index contributed by atoms with van der Waals surface area (Å²) in [5, 5.41) is 0. The molecule has 0 aliphatic heterocycles. The smallest absolute Gasteiger partial charge is 0.0146 e. The highest BCUT2D eigenvalue weighted by molar-refractivity contribution is 5.41. The molecule has 0 bridgehead atoms. The minimum atomic E-state index is 1.15. The first kappa shape index (κ1) is 13.0. The number of rotatable bonds is 5. The van der Waals surface area contributed by atoms with Crippen molar-refractivity contribution in [2.75, 3.05) is 0 Å². The molecule has 0 nitrogen and oxygen atoms in total. The molecule has 0 saturated carbocycles. The molecule has 0 amide bonds. The lowest BCUT2D eigenvalue weighted by molar-refractivity contribution is 0.728. The first-order valence-corrected chi connectivity index (χ1v) is 6.31. The van der Waals surface area contributed by atoms with Crippen molar-refractivity contribution in [3.63, 3.8) is 0 Å². The van der Waals surface area contributed by atoms with Gasteiger partial charge in [0.1, 0.15) is 0 Å². The Morgan fingerprint density at radius 1 is 1.06 bits per heavy atom. The first-order valence-electron chi connectivity index (χ1n) is 6.31. The van der Waals surface area contributed by atoms with E-state index in [4.69, 9.17) is 0 Å². The van der Waals surface area contributed by atoms with E-state index in [9.17, 15) is 0 Å². The summed E-state index contributed by atoms with van der Waals surface area (Å²) >= 11 is 0. The summed E-state index contributed by atoms with van der Waals surface area (Å²) in [5.41, 5.74) is 5.38. The van der Waals surface area contributed by atoms with Gasteiger partial charge in [0.2, 0.25) is 0 Å². The largest absolute Gasteiger partial charge is 0.0760 e. The SMILES string of the molecule is CCCCC/C=[C]\c1ccc(C)c(C)c1C. The lowest BCUT2D eigenvalue weighted by Crippen LogP contribution is -1.90.